The Labute approximate surface area is 108 Å². The topological polar surface area (TPSA) is 29.5 Å². The molecule has 0 amide bonds. The second-order valence-electron chi connectivity index (χ2n) is 5.14. The van der Waals surface area contributed by atoms with E-state index < -0.39 is 0 Å². The van der Waals surface area contributed by atoms with Gasteiger partial charge in [0.15, 0.2) is 0 Å². The lowest BCUT2D eigenvalue weighted by molar-refractivity contribution is 0.148. The van der Waals surface area contributed by atoms with Crippen LogP contribution in [-0.4, -0.2) is 17.8 Å². The van der Waals surface area contributed by atoms with Gasteiger partial charge < -0.3 is 9.84 Å². The second kappa shape index (κ2) is 5.28. The first-order chi connectivity index (χ1) is 8.06. The van der Waals surface area contributed by atoms with Crippen molar-refractivity contribution >= 4 is 11.6 Å². The van der Waals surface area contributed by atoms with Crippen LogP contribution in [0.5, 0.6) is 5.75 Å². The molecule has 0 saturated heterocycles. The zero-order valence-electron chi connectivity index (χ0n) is 10.4. The van der Waals surface area contributed by atoms with E-state index in [2.05, 4.69) is 13.8 Å². The summed E-state index contributed by atoms with van der Waals surface area (Å²) in [6.07, 6.45) is 2.03. The van der Waals surface area contributed by atoms with Gasteiger partial charge in [0, 0.05) is 17.9 Å². The SMILES string of the molecule is CC(C)CC(O)Cc1cc(Cl)cc2c1OCC2. The predicted molar refractivity (Wildman–Crippen MR) is 69.8 cm³/mol. The van der Waals surface area contributed by atoms with E-state index in [-0.39, 0.29) is 6.10 Å². The fourth-order valence-electron chi connectivity index (χ4n) is 2.38. The Bertz CT molecular complexity index is 401. The van der Waals surface area contributed by atoms with Gasteiger partial charge in [-0.3, -0.25) is 0 Å². The van der Waals surface area contributed by atoms with Crippen molar-refractivity contribution in [3.05, 3.63) is 28.3 Å². The molecule has 0 aromatic heterocycles. The fourth-order valence-corrected chi connectivity index (χ4v) is 2.64. The van der Waals surface area contributed by atoms with Gasteiger partial charge in [0.1, 0.15) is 5.75 Å². The minimum Gasteiger partial charge on any atom is -0.493 e. The quantitative estimate of drug-likeness (QED) is 0.894. The van der Waals surface area contributed by atoms with Crippen LogP contribution < -0.4 is 4.74 Å². The molecular formula is C14H19ClO2. The molecule has 17 heavy (non-hydrogen) atoms. The molecule has 0 radical (unpaired) electrons. The van der Waals surface area contributed by atoms with Crippen LogP contribution in [-0.2, 0) is 12.8 Å². The normalized spacial score (nSPS) is 15.8. The van der Waals surface area contributed by atoms with Crippen molar-refractivity contribution in [3.63, 3.8) is 0 Å². The summed E-state index contributed by atoms with van der Waals surface area (Å²) in [5.41, 5.74) is 2.21. The molecule has 1 atom stereocenters. The standard InChI is InChI=1S/C14H19ClO2/c1-9(2)5-13(16)8-11-7-12(15)6-10-3-4-17-14(10)11/h6-7,9,13,16H,3-5,8H2,1-2H3. The molecule has 1 aliphatic heterocycles. The number of hydrogen-bond donors (Lipinski definition) is 1. The summed E-state index contributed by atoms with van der Waals surface area (Å²) in [7, 11) is 0. The Morgan fingerprint density at radius 2 is 2.18 bits per heavy atom. The second-order valence-corrected chi connectivity index (χ2v) is 5.58. The zero-order valence-corrected chi connectivity index (χ0v) is 11.1. The number of rotatable bonds is 4. The van der Waals surface area contributed by atoms with Gasteiger partial charge in [-0.1, -0.05) is 25.4 Å². The average Bonchev–Trinajstić information content (AvgIpc) is 2.63. The van der Waals surface area contributed by atoms with E-state index in [0.29, 0.717) is 12.3 Å². The van der Waals surface area contributed by atoms with Crippen LogP contribution in [0.15, 0.2) is 12.1 Å². The van der Waals surface area contributed by atoms with Crippen molar-refractivity contribution in [1.29, 1.82) is 0 Å². The van der Waals surface area contributed by atoms with Crippen LogP contribution in [0.25, 0.3) is 0 Å². The molecular weight excluding hydrogens is 236 g/mol. The van der Waals surface area contributed by atoms with Crippen LogP contribution >= 0.6 is 11.6 Å². The highest BCUT2D eigenvalue weighted by atomic mass is 35.5. The third kappa shape index (κ3) is 3.14. The summed E-state index contributed by atoms with van der Waals surface area (Å²) in [5.74, 6) is 1.44. The highest BCUT2D eigenvalue weighted by Gasteiger charge is 2.19. The maximum atomic E-state index is 10.00. The van der Waals surface area contributed by atoms with Crippen molar-refractivity contribution in [3.8, 4) is 5.75 Å². The molecule has 0 bridgehead atoms. The fraction of sp³-hybridized carbons (Fsp3) is 0.571. The van der Waals surface area contributed by atoms with E-state index in [4.69, 9.17) is 16.3 Å². The predicted octanol–water partition coefficient (Wildman–Crippen LogP) is 3.22. The summed E-state index contributed by atoms with van der Waals surface area (Å²) in [6, 6.07) is 3.87. The van der Waals surface area contributed by atoms with Gasteiger partial charge in [0.05, 0.1) is 12.7 Å². The molecule has 2 rings (SSSR count). The van der Waals surface area contributed by atoms with Crippen LogP contribution in [0.2, 0.25) is 5.02 Å². The smallest absolute Gasteiger partial charge is 0.126 e. The molecule has 1 aliphatic rings. The Kier molecular flexibility index (Phi) is 3.95. The molecule has 0 spiro atoms. The number of halogens is 1. The van der Waals surface area contributed by atoms with Crippen molar-refractivity contribution in [2.45, 2.75) is 39.2 Å². The third-order valence-corrected chi connectivity index (χ3v) is 3.24. The van der Waals surface area contributed by atoms with Gasteiger partial charge in [0.2, 0.25) is 0 Å². The number of benzene rings is 1. The third-order valence-electron chi connectivity index (χ3n) is 3.02. The van der Waals surface area contributed by atoms with Gasteiger partial charge in [-0.2, -0.15) is 0 Å². The Morgan fingerprint density at radius 1 is 1.41 bits per heavy atom. The number of aliphatic hydroxyl groups is 1. The maximum absolute atomic E-state index is 10.00. The lowest BCUT2D eigenvalue weighted by Gasteiger charge is -2.15. The summed E-state index contributed by atoms with van der Waals surface area (Å²) in [4.78, 5) is 0. The van der Waals surface area contributed by atoms with E-state index in [0.717, 1.165) is 35.8 Å². The molecule has 94 valence electrons. The van der Waals surface area contributed by atoms with E-state index in [9.17, 15) is 5.11 Å². The molecule has 3 heteroatoms. The van der Waals surface area contributed by atoms with Crippen molar-refractivity contribution in [2.75, 3.05) is 6.61 Å². The largest absolute Gasteiger partial charge is 0.493 e. The molecule has 0 saturated carbocycles. The van der Waals surface area contributed by atoms with E-state index in [1.807, 2.05) is 12.1 Å². The number of hydrogen-bond acceptors (Lipinski definition) is 2. The molecule has 0 aliphatic carbocycles. The summed E-state index contributed by atoms with van der Waals surface area (Å²) >= 11 is 6.08. The maximum Gasteiger partial charge on any atom is 0.126 e. The van der Waals surface area contributed by atoms with Gasteiger partial charge in [0.25, 0.3) is 0 Å². The molecule has 0 fully saturated rings. The first-order valence-corrected chi connectivity index (χ1v) is 6.56. The first kappa shape index (κ1) is 12.7. The van der Waals surface area contributed by atoms with E-state index in [1.165, 1.54) is 5.56 Å². The Morgan fingerprint density at radius 3 is 2.88 bits per heavy atom. The van der Waals surface area contributed by atoms with Crippen molar-refractivity contribution < 1.29 is 9.84 Å². The van der Waals surface area contributed by atoms with Crippen LogP contribution in [0.4, 0.5) is 0 Å². The van der Waals surface area contributed by atoms with Gasteiger partial charge in [-0.25, -0.2) is 0 Å². The van der Waals surface area contributed by atoms with Gasteiger partial charge in [-0.05, 0) is 35.6 Å². The monoisotopic (exact) mass is 254 g/mol. The van der Waals surface area contributed by atoms with Gasteiger partial charge >= 0.3 is 0 Å². The highest BCUT2D eigenvalue weighted by Crippen LogP contribution is 2.33. The van der Waals surface area contributed by atoms with E-state index in [1.54, 1.807) is 0 Å². The van der Waals surface area contributed by atoms with Crippen LogP contribution in [0, 0.1) is 5.92 Å². The minimum atomic E-state index is -0.318. The van der Waals surface area contributed by atoms with Crippen molar-refractivity contribution in [2.24, 2.45) is 5.92 Å². The lowest BCUT2D eigenvalue weighted by Crippen LogP contribution is -2.14. The summed E-state index contributed by atoms with van der Waals surface area (Å²) in [5, 5.41) is 10.7. The lowest BCUT2D eigenvalue weighted by atomic mass is 9.97. The average molecular weight is 255 g/mol. The van der Waals surface area contributed by atoms with Crippen LogP contribution in [0.1, 0.15) is 31.4 Å². The Balaban J connectivity index is 2.15. The zero-order chi connectivity index (χ0) is 12.4. The summed E-state index contributed by atoms with van der Waals surface area (Å²) in [6.45, 7) is 4.95. The molecule has 1 aromatic carbocycles. The first-order valence-electron chi connectivity index (χ1n) is 6.18. The molecule has 1 aromatic rings. The number of ether oxygens (including phenoxy) is 1. The number of aliphatic hydroxyl groups excluding tert-OH is 1. The minimum absolute atomic E-state index is 0.318. The van der Waals surface area contributed by atoms with E-state index >= 15 is 0 Å². The van der Waals surface area contributed by atoms with Crippen molar-refractivity contribution in [1.82, 2.24) is 0 Å². The molecule has 2 nitrogen and oxygen atoms in total. The molecule has 1 unspecified atom stereocenters. The Hall–Kier alpha value is -0.730. The molecule has 1 N–H and O–H groups in total. The van der Waals surface area contributed by atoms with Gasteiger partial charge in [-0.15, -0.1) is 0 Å². The van der Waals surface area contributed by atoms with Crippen LogP contribution in [0.3, 0.4) is 0 Å². The summed E-state index contributed by atoms with van der Waals surface area (Å²) < 4.78 is 5.62. The molecule has 1 heterocycles. The number of fused-ring (bicyclic) bond motifs is 1. The highest BCUT2D eigenvalue weighted by molar-refractivity contribution is 6.30.